The smallest absolute Gasteiger partial charge is 0.302 e. The summed E-state index contributed by atoms with van der Waals surface area (Å²) in [5, 5.41) is 7.52. The summed E-state index contributed by atoms with van der Waals surface area (Å²) in [6.45, 7) is 1.73. The molecule has 5 nitrogen and oxygen atoms in total. The average Bonchev–Trinajstić information content (AvgIpc) is 1.99. The second-order valence-corrected chi connectivity index (χ2v) is 3.14. The van der Waals surface area contributed by atoms with Crippen LogP contribution in [-0.2, 0) is 0 Å². The summed E-state index contributed by atoms with van der Waals surface area (Å²) in [6, 6.07) is 0. The fourth-order valence-electron chi connectivity index (χ4n) is 0.807. The lowest BCUT2D eigenvalue weighted by atomic mass is 10.7. The van der Waals surface area contributed by atoms with Crippen LogP contribution in [0.4, 0.5) is 0 Å². The van der Waals surface area contributed by atoms with Gasteiger partial charge in [0.1, 0.15) is 0 Å². The van der Waals surface area contributed by atoms with Crippen molar-refractivity contribution < 1.29 is 0 Å². The van der Waals surface area contributed by atoms with E-state index in [0.29, 0.717) is 26.7 Å². The first-order valence-electron chi connectivity index (χ1n) is 3.27. The molecule has 0 atom stereocenters. The van der Waals surface area contributed by atoms with Gasteiger partial charge in [0, 0.05) is 11.6 Å². The molecule has 11 heavy (non-hydrogen) atoms. The van der Waals surface area contributed by atoms with Crippen LogP contribution in [0.2, 0.25) is 0 Å². The molecule has 0 bridgehead atoms. The zero-order chi connectivity index (χ0) is 8.43. The summed E-state index contributed by atoms with van der Waals surface area (Å²) >= 11 is 0.630. The summed E-state index contributed by atoms with van der Waals surface area (Å²) in [6.07, 6.45) is 0. The largest absolute Gasteiger partial charge is 0.325 e. The van der Waals surface area contributed by atoms with Gasteiger partial charge < -0.3 is 5.43 Å². The summed E-state index contributed by atoms with van der Waals surface area (Å²) in [5.41, 5.74) is 2.64. The summed E-state index contributed by atoms with van der Waals surface area (Å²) in [7, 11) is 1.68. The molecular formula is C5H9AlN4O. The molecule has 0 aliphatic carbocycles. The van der Waals surface area contributed by atoms with Gasteiger partial charge in [0.05, 0.1) is 0 Å². The fourth-order valence-corrected chi connectivity index (χ4v) is 1.13. The first kappa shape index (κ1) is 8.24. The molecule has 1 rings (SSSR count). The molecule has 0 aliphatic heterocycles. The number of nitrogens with zero attached hydrogens (tertiary/aromatic N) is 3. The van der Waals surface area contributed by atoms with Crippen molar-refractivity contribution in [3.8, 4) is 0 Å². The van der Waals surface area contributed by atoms with Crippen LogP contribution in [0, 0.1) is 6.92 Å². The van der Waals surface area contributed by atoms with Gasteiger partial charge in [-0.1, -0.05) is 0 Å². The Labute approximate surface area is 71.8 Å². The molecule has 6 heteroatoms. The molecule has 0 saturated heterocycles. The van der Waals surface area contributed by atoms with Gasteiger partial charge in [-0.2, -0.15) is 5.10 Å². The lowest BCUT2D eigenvalue weighted by Gasteiger charge is -2.06. The van der Waals surface area contributed by atoms with Gasteiger partial charge in [0.15, 0.2) is 5.82 Å². The lowest BCUT2D eigenvalue weighted by molar-refractivity contribution is 0.752. The maximum atomic E-state index is 11.3. The van der Waals surface area contributed by atoms with E-state index in [1.54, 1.807) is 14.0 Å². The third-order valence-corrected chi connectivity index (χ3v) is 2.03. The van der Waals surface area contributed by atoms with Crippen molar-refractivity contribution in [1.29, 1.82) is 0 Å². The predicted molar refractivity (Wildman–Crippen MR) is 44.5 cm³/mol. The number of hydrogen-bond acceptors (Lipinski definition) is 4. The fraction of sp³-hybridized carbons (Fsp3) is 0.400. The minimum atomic E-state index is -0.0910. The number of hydrogen-bond donors (Lipinski definition) is 1. The summed E-state index contributed by atoms with van der Waals surface area (Å²) in [4.78, 5) is 11.3. The zero-order valence-corrected chi connectivity index (χ0v) is 8.75. The SMILES string of the molecule is CNn1c(C)nn[c]([AlH2])c1=O. The van der Waals surface area contributed by atoms with Gasteiger partial charge in [0.25, 0.3) is 5.56 Å². The molecule has 0 radical (unpaired) electrons. The first-order chi connectivity index (χ1) is 5.16. The second-order valence-electron chi connectivity index (χ2n) is 2.20. The first-order valence-corrected chi connectivity index (χ1v) is 4.27. The number of aromatic nitrogens is 3. The molecule has 1 N–H and O–H groups in total. The van der Waals surface area contributed by atoms with Crippen LogP contribution in [0.3, 0.4) is 0 Å². The van der Waals surface area contributed by atoms with Crippen LogP contribution < -0.4 is 15.5 Å². The van der Waals surface area contributed by atoms with Gasteiger partial charge in [-0.15, -0.1) is 5.10 Å². The Hall–Kier alpha value is -0.858. The van der Waals surface area contributed by atoms with Gasteiger partial charge in [0.2, 0.25) is 0 Å². The van der Waals surface area contributed by atoms with E-state index < -0.39 is 0 Å². The minimum Gasteiger partial charge on any atom is -0.325 e. The zero-order valence-electron chi connectivity index (χ0n) is 6.75. The maximum Gasteiger partial charge on any atom is 0.302 e. The van der Waals surface area contributed by atoms with Gasteiger partial charge >= 0.3 is 16.3 Å². The highest BCUT2D eigenvalue weighted by Gasteiger charge is 2.01. The monoisotopic (exact) mass is 168 g/mol. The highest BCUT2D eigenvalue weighted by Crippen LogP contribution is 1.77. The van der Waals surface area contributed by atoms with E-state index in [1.165, 1.54) is 4.68 Å². The number of aryl methyl sites for hydroxylation is 1. The molecule has 1 aromatic rings. The molecule has 0 aliphatic rings. The Morgan fingerprint density at radius 2 is 2.18 bits per heavy atom. The molecule has 58 valence electrons. The molecule has 1 heterocycles. The Kier molecular flexibility index (Phi) is 2.27. The van der Waals surface area contributed by atoms with Gasteiger partial charge in [-0.05, 0) is 6.92 Å². The Balaban J connectivity index is 3.41. The molecule has 0 saturated carbocycles. The molecule has 1 aromatic heterocycles. The molecule has 0 fully saturated rings. The van der Waals surface area contributed by atoms with Crippen molar-refractivity contribution in [2.75, 3.05) is 12.5 Å². The average molecular weight is 168 g/mol. The van der Waals surface area contributed by atoms with E-state index >= 15 is 0 Å². The minimum absolute atomic E-state index is 0.0910. The van der Waals surface area contributed by atoms with Crippen molar-refractivity contribution in [2.24, 2.45) is 0 Å². The maximum absolute atomic E-state index is 11.3. The van der Waals surface area contributed by atoms with E-state index in [0.717, 1.165) is 0 Å². The molecule has 0 aromatic carbocycles. The third-order valence-electron chi connectivity index (χ3n) is 1.40. The Morgan fingerprint density at radius 1 is 1.55 bits per heavy atom. The summed E-state index contributed by atoms with van der Waals surface area (Å²) < 4.78 is 1.92. The third kappa shape index (κ3) is 1.42. The highest BCUT2D eigenvalue weighted by atomic mass is 27.0. The van der Waals surface area contributed by atoms with Crippen LogP contribution in [0.25, 0.3) is 0 Å². The lowest BCUT2D eigenvalue weighted by Crippen LogP contribution is -2.42. The van der Waals surface area contributed by atoms with Crippen LogP contribution >= 0.6 is 0 Å². The predicted octanol–water partition coefficient (Wildman–Crippen LogP) is -2.62. The van der Waals surface area contributed by atoms with Crippen LogP contribution in [0.1, 0.15) is 5.82 Å². The van der Waals surface area contributed by atoms with Crippen molar-refractivity contribution in [2.45, 2.75) is 6.92 Å². The van der Waals surface area contributed by atoms with Gasteiger partial charge in [-0.3, -0.25) is 4.79 Å². The van der Waals surface area contributed by atoms with E-state index in [4.69, 9.17) is 0 Å². The molecule has 0 spiro atoms. The van der Waals surface area contributed by atoms with Crippen molar-refractivity contribution in [3.63, 3.8) is 0 Å². The van der Waals surface area contributed by atoms with E-state index in [2.05, 4.69) is 15.6 Å². The molecule has 0 unspecified atom stereocenters. The standard InChI is InChI=1S/C5H7N4O.Al.2H/c1-4-8-7-3-5(10)9(4)6-2;;;/h6H,1-2H3;;;. The quantitative estimate of drug-likeness (QED) is 0.466. The van der Waals surface area contributed by atoms with Crippen LogP contribution in [0.15, 0.2) is 4.79 Å². The van der Waals surface area contributed by atoms with Crippen molar-refractivity contribution in [3.05, 3.63) is 16.2 Å². The van der Waals surface area contributed by atoms with Crippen LogP contribution in [0.5, 0.6) is 0 Å². The van der Waals surface area contributed by atoms with E-state index in [-0.39, 0.29) is 5.56 Å². The van der Waals surface area contributed by atoms with Crippen molar-refractivity contribution in [1.82, 2.24) is 14.9 Å². The second kappa shape index (κ2) is 3.03. The Bertz CT molecular complexity index is 321. The topological polar surface area (TPSA) is 59.8 Å². The van der Waals surface area contributed by atoms with Gasteiger partial charge in [-0.25, -0.2) is 4.68 Å². The number of nitrogens with one attached hydrogen (secondary N) is 1. The van der Waals surface area contributed by atoms with Crippen LogP contribution in [-0.4, -0.2) is 38.2 Å². The Morgan fingerprint density at radius 3 is 2.64 bits per heavy atom. The molecule has 0 amide bonds. The van der Waals surface area contributed by atoms with E-state index in [9.17, 15) is 4.79 Å². The molecular weight excluding hydrogens is 159 g/mol. The summed E-state index contributed by atoms with van der Waals surface area (Å²) in [5.74, 6) is 0.581. The number of rotatable bonds is 1. The van der Waals surface area contributed by atoms with E-state index in [1.807, 2.05) is 0 Å². The van der Waals surface area contributed by atoms with Crippen molar-refractivity contribution >= 4 is 20.8 Å². The normalized spacial score (nSPS) is 9.64. The highest BCUT2D eigenvalue weighted by molar-refractivity contribution is 6.30.